The van der Waals surface area contributed by atoms with E-state index >= 15 is 0 Å². The van der Waals surface area contributed by atoms with Gasteiger partial charge in [-0.2, -0.15) is 5.10 Å². The molecule has 2 rings (SSSR count). The van der Waals surface area contributed by atoms with Crippen LogP contribution in [0.15, 0.2) is 34.2 Å². The monoisotopic (exact) mass is 351 g/mol. The molecule has 10 heteroatoms. The van der Waals surface area contributed by atoms with E-state index in [-0.39, 0.29) is 21.3 Å². The summed E-state index contributed by atoms with van der Waals surface area (Å²) in [5.41, 5.74) is 2.64. The first kappa shape index (κ1) is 16.6. The van der Waals surface area contributed by atoms with Crippen molar-refractivity contribution >= 4 is 41.5 Å². The van der Waals surface area contributed by atoms with E-state index in [1.54, 1.807) is 31.4 Å². The maximum Gasteiger partial charge on any atom is 0.264 e. The Bertz CT molecular complexity index is 842. The van der Waals surface area contributed by atoms with E-state index in [1.165, 1.54) is 0 Å². The van der Waals surface area contributed by atoms with Gasteiger partial charge in [-0.15, -0.1) is 0 Å². The first-order chi connectivity index (χ1) is 11.0. The van der Waals surface area contributed by atoms with E-state index in [9.17, 15) is 9.90 Å². The number of aromatic nitrogens is 2. The fraction of sp³-hybridized carbons (Fsp3) is 0.0769. The van der Waals surface area contributed by atoms with Gasteiger partial charge in [0.25, 0.3) is 5.56 Å². The molecule has 0 saturated carbocycles. The van der Waals surface area contributed by atoms with E-state index in [1.807, 2.05) is 0 Å². The van der Waals surface area contributed by atoms with Crippen LogP contribution in [0.4, 0.5) is 5.69 Å². The van der Waals surface area contributed by atoms with Crippen LogP contribution >= 0.6 is 24.4 Å². The highest BCUT2D eigenvalue weighted by molar-refractivity contribution is 7.80. The van der Waals surface area contributed by atoms with Crippen molar-refractivity contribution < 1.29 is 9.84 Å². The Labute approximate surface area is 141 Å². The predicted molar refractivity (Wildman–Crippen MR) is 93.9 cm³/mol. The Hall–Kier alpha value is -2.72. The third-order valence-electron chi connectivity index (χ3n) is 2.67. The number of H-pyrrole nitrogens is 2. The molecule has 0 spiro atoms. The zero-order valence-corrected chi connectivity index (χ0v) is 13.5. The summed E-state index contributed by atoms with van der Waals surface area (Å²) in [4.78, 5) is 16.3. The quantitative estimate of drug-likeness (QED) is 0.322. The van der Waals surface area contributed by atoms with Crippen LogP contribution in [0, 0.1) is 4.77 Å². The lowest BCUT2D eigenvalue weighted by atomic mass is 10.3. The van der Waals surface area contributed by atoms with Gasteiger partial charge in [0.1, 0.15) is 11.3 Å². The standard InChI is InChI=1S/C13H13N5O3S2/c1-21-8-4-2-7(3-5-8)15-13(23)18-14-6-9-10(19)16-12(22)17-11(9)20/h2-6H,1H3,(H2,15,18,23)(H3,16,17,19,20,22). The summed E-state index contributed by atoms with van der Waals surface area (Å²) in [5, 5.41) is 16.5. The molecule has 2 aromatic rings. The number of aromatic hydroxyl groups is 1. The molecule has 8 nitrogen and oxygen atoms in total. The average molecular weight is 351 g/mol. The number of hydrogen-bond acceptors (Lipinski definition) is 6. The van der Waals surface area contributed by atoms with Crippen LogP contribution in [-0.2, 0) is 0 Å². The molecule has 1 aromatic carbocycles. The summed E-state index contributed by atoms with van der Waals surface area (Å²) in [6.07, 6.45) is 1.13. The molecular formula is C13H13N5O3S2. The lowest BCUT2D eigenvalue weighted by Crippen LogP contribution is -2.24. The Morgan fingerprint density at radius 1 is 1.35 bits per heavy atom. The predicted octanol–water partition coefficient (Wildman–Crippen LogP) is 1.47. The molecule has 0 atom stereocenters. The number of methoxy groups -OCH3 is 1. The van der Waals surface area contributed by atoms with Crippen LogP contribution in [0.2, 0.25) is 0 Å². The van der Waals surface area contributed by atoms with E-state index in [2.05, 4.69) is 25.8 Å². The fourth-order valence-electron chi connectivity index (χ4n) is 1.59. The van der Waals surface area contributed by atoms with E-state index < -0.39 is 5.56 Å². The van der Waals surface area contributed by atoms with Crippen LogP contribution in [0.1, 0.15) is 5.56 Å². The van der Waals surface area contributed by atoms with E-state index in [4.69, 9.17) is 29.2 Å². The zero-order valence-electron chi connectivity index (χ0n) is 11.9. The van der Waals surface area contributed by atoms with Crippen molar-refractivity contribution in [3.05, 3.63) is 45.0 Å². The van der Waals surface area contributed by atoms with Gasteiger partial charge in [0, 0.05) is 5.69 Å². The van der Waals surface area contributed by atoms with Crippen molar-refractivity contribution in [1.29, 1.82) is 0 Å². The minimum atomic E-state index is -0.564. The van der Waals surface area contributed by atoms with Gasteiger partial charge in [0.15, 0.2) is 9.88 Å². The number of anilines is 1. The number of nitrogens with zero attached hydrogens (tertiary/aromatic N) is 1. The van der Waals surface area contributed by atoms with Crippen LogP contribution in [0.3, 0.4) is 0 Å². The minimum Gasteiger partial charge on any atom is -0.497 e. The highest BCUT2D eigenvalue weighted by atomic mass is 32.1. The van der Waals surface area contributed by atoms with Gasteiger partial charge >= 0.3 is 0 Å². The van der Waals surface area contributed by atoms with Crippen molar-refractivity contribution in [2.75, 3.05) is 12.4 Å². The fourth-order valence-corrected chi connectivity index (χ4v) is 1.95. The maximum atomic E-state index is 11.6. The number of ether oxygens (including phenoxy) is 1. The SMILES string of the molecule is COc1ccc(NC(=S)NN=Cc2c(O)[nH]c(=S)[nH]c2=O)cc1. The average Bonchev–Trinajstić information content (AvgIpc) is 2.50. The van der Waals surface area contributed by atoms with Crippen LogP contribution < -0.4 is 21.0 Å². The summed E-state index contributed by atoms with van der Waals surface area (Å²) in [7, 11) is 1.58. The summed E-state index contributed by atoms with van der Waals surface area (Å²) >= 11 is 9.78. The number of hydrazone groups is 1. The molecule has 0 radical (unpaired) electrons. The molecule has 0 amide bonds. The van der Waals surface area contributed by atoms with Crippen molar-refractivity contribution in [1.82, 2.24) is 15.4 Å². The van der Waals surface area contributed by atoms with Crippen LogP contribution in [-0.4, -0.2) is 33.5 Å². The van der Waals surface area contributed by atoms with Crippen molar-refractivity contribution in [2.45, 2.75) is 0 Å². The molecule has 0 aliphatic carbocycles. The lowest BCUT2D eigenvalue weighted by molar-refractivity contribution is 0.415. The number of aromatic amines is 2. The van der Waals surface area contributed by atoms with Gasteiger partial charge in [-0.3, -0.25) is 15.2 Å². The molecule has 0 fully saturated rings. The second-order valence-electron chi connectivity index (χ2n) is 4.22. The Kier molecular flexibility index (Phi) is 5.44. The van der Waals surface area contributed by atoms with E-state index in [0.717, 1.165) is 17.7 Å². The van der Waals surface area contributed by atoms with Gasteiger partial charge in [0.05, 0.1) is 13.3 Å². The van der Waals surface area contributed by atoms with E-state index in [0.29, 0.717) is 0 Å². The van der Waals surface area contributed by atoms with Crippen molar-refractivity contribution in [2.24, 2.45) is 5.10 Å². The molecule has 0 bridgehead atoms. The van der Waals surface area contributed by atoms with Gasteiger partial charge in [-0.1, -0.05) is 0 Å². The van der Waals surface area contributed by atoms with Crippen LogP contribution in [0.5, 0.6) is 11.6 Å². The van der Waals surface area contributed by atoms with Crippen molar-refractivity contribution in [3.63, 3.8) is 0 Å². The number of benzene rings is 1. The molecule has 1 heterocycles. The molecule has 5 N–H and O–H groups in total. The van der Waals surface area contributed by atoms with Crippen LogP contribution in [0.25, 0.3) is 0 Å². The topological polar surface area (TPSA) is 115 Å². The molecule has 1 aromatic heterocycles. The molecule has 0 aliphatic rings. The third-order valence-corrected chi connectivity index (χ3v) is 3.06. The zero-order chi connectivity index (χ0) is 16.8. The summed E-state index contributed by atoms with van der Waals surface area (Å²) < 4.78 is 5.07. The normalized spacial score (nSPS) is 10.5. The third kappa shape index (κ3) is 4.63. The Morgan fingerprint density at radius 2 is 2.04 bits per heavy atom. The summed E-state index contributed by atoms with van der Waals surface area (Å²) in [6, 6.07) is 7.12. The Morgan fingerprint density at radius 3 is 2.65 bits per heavy atom. The first-order valence-electron chi connectivity index (χ1n) is 6.29. The highest BCUT2D eigenvalue weighted by Crippen LogP contribution is 2.14. The maximum absolute atomic E-state index is 11.6. The highest BCUT2D eigenvalue weighted by Gasteiger charge is 2.04. The second kappa shape index (κ2) is 7.51. The number of thiocarbonyl (C=S) groups is 1. The smallest absolute Gasteiger partial charge is 0.264 e. The molecule has 23 heavy (non-hydrogen) atoms. The summed E-state index contributed by atoms with van der Waals surface area (Å²) in [6.45, 7) is 0. The van der Waals surface area contributed by atoms with Gasteiger partial charge in [-0.25, -0.2) is 0 Å². The second-order valence-corrected chi connectivity index (χ2v) is 5.04. The van der Waals surface area contributed by atoms with Gasteiger partial charge in [0.2, 0.25) is 5.88 Å². The van der Waals surface area contributed by atoms with Gasteiger partial charge in [-0.05, 0) is 48.7 Å². The molecule has 0 aliphatic heterocycles. The largest absolute Gasteiger partial charge is 0.497 e. The lowest BCUT2D eigenvalue weighted by Gasteiger charge is -2.07. The molecular weight excluding hydrogens is 338 g/mol. The van der Waals surface area contributed by atoms with Gasteiger partial charge < -0.3 is 20.1 Å². The summed E-state index contributed by atoms with van der Waals surface area (Å²) in [5.74, 6) is 0.349. The number of rotatable bonds is 4. The number of hydrogen-bond donors (Lipinski definition) is 5. The Balaban J connectivity index is 1.98. The van der Waals surface area contributed by atoms with Crippen molar-refractivity contribution in [3.8, 4) is 11.6 Å². The first-order valence-corrected chi connectivity index (χ1v) is 7.11. The molecule has 120 valence electrons. The molecule has 0 saturated heterocycles. The molecule has 0 unspecified atom stereocenters. The minimum absolute atomic E-state index is 0.0225. The number of nitrogens with one attached hydrogen (secondary N) is 4.